The fraction of sp³-hybridized carbons (Fsp3) is 0.333. The van der Waals surface area contributed by atoms with Gasteiger partial charge in [-0.2, -0.15) is 0 Å². The molecule has 0 bridgehead atoms. The van der Waals surface area contributed by atoms with Crippen LogP contribution in [0.2, 0.25) is 5.02 Å². The number of unbranched alkanes of at least 4 members (excludes halogenated alkanes) is 2. The van der Waals surface area contributed by atoms with Gasteiger partial charge in [-0.05, 0) is 48.7 Å². The molecule has 0 aliphatic rings. The van der Waals surface area contributed by atoms with Gasteiger partial charge in [-0.1, -0.05) is 43.5 Å². The molecule has 0 aliphatic carbocycles. The van der Waals surface area contributed by atoms with E-state index in [1.54, 1.807) is 12.1 Å². The maximum Gasteiger partial charge on any atom is 0.128 e. The molecule has 0 unspecified atom stereocenters. The lowest BCUT2D eigenvalue weighted by Gasteiger charge is -2.09. The summed E-state index contributed by atoms with van der Waals surface area (Å²) in [5.74, 6) is -0.233. The Morgan fingerprint density at radius 3 is 2.52 bits per heavy atom. The summed E-state index contributed by atoms with van der Waals surface area (Å²) in [4.78, 5) is 0. The van der Waals surface area contributed by atoms with E-state index in [1.165, 1.54) is 30.9 Å². The summed E-state index contributed by atoms with van der Waals surface area (Å²) in [6, 6.07) is 13.0. The topological polar surface area (TPSA) is 12.0 Å². The van der Waals surface area contributed by atoms with Crippen molar-refractivity contribution in [3.63, 3.8) is 0 Å². The van der Waals surface area contributed by atoms with E-state index in [9.17, 15) is 4.39 Å². The molecular formula is C18H21ClFN. The lowest BCUT2D eigenvalue weighted by Crippen LogP contribution is -2.01. The summed E-state index contributed by atoms with van der Waals surface area (Å²) in [7, 11) is 0. The zero-order valence-electron chi connectivity index (χ0n) is 12.3. The fourth-order valence-corrected chi connectivity index (χ4v) is 2.44. The molecule has 2 aromatic rings. The number of hydrogen-bond acceptors (Lipinski definition) is 1. The van der Waals surface area contributed by atoms with Crippen molar-refractivity contribution in [2.45, 2.75) is 39.2 Å². The van der Waals surface area contributed by atoms with Crippen LogP contribution >= 0.6 is 11.6 Å². The molecule has 21 heavy (non-hydrogen) atoms. The largest absolute Gasteiger partial charge is 0.381 e. The average Bonchev–Trinajstić information content (AvgIpc) is 2.50. The summed E-state index contributed by atoms with van der Waals surface area (Å²) in [6.07, 6.45) is 4.87. The molecule has 2 aromatic carbocycles. The van der Waals surface area contributed by atoms with Crippen molar-refractivity contribution < 1.29 is 4.39 Å². The molecule has 0 fully saturated rings. The number of anilines is 1. The molecule has 3 heteroatoms. The highest BCUT2D eigenvalue weighted by molar-refractivity contribution is 6.30. The monoisotopic (exact) mass is 305 g/mol. The Labute approximate surface area is 131 Å². The average molecular weight is 306 g/mol. The summed E-state index contributed by atoms with van der Waals surface area (Å²) < 4.78 is 13.6. The molecule has 0 heterocycles. The van der Waals surface area contributed by atoms with Gasteiger partial charge in [0.1, 0.15) is 5.82 Å². The fourth-order valence-electron chi connectivity index (χ4n) is 2.24. The summed E-state index contributed by atoms with van der Waals surface area (Å²) in [6.45, 7) is 2.64. The van der Waals surface area contributed by atoms with Crippen LogP contribution in [-0.2, 0) is 13.0 Å². The molecule has 1 N–H and O–H groups in total. The Kier molecular flexibility index (Phi) is 6.06. The van der Waals surface area contributed by atoms with Gasteiger partial charge in [-0.25, -0.2) is 4.39 Å². The van der Waals surface area contributed by atoms with Crippen molar-refractivity contribution >= 4 is 17.3 Å². The second-order valence-electron chi connectivity index (χ2n) is 5.24. The van der Waals surface area contributed by atoms with Crippen LogP contribution in [0.1, 0.15) is 37.3 Å². The predicted octanol–water partition coefficient (Wildman–Crippen LogP) is 5.82. The number of rotatable bonds is 7. The zero-order chi connectivity index (χ0) is 15.1. The molecule has 112 valence electrons. The molecule has 0 amide bonds. The van der Waals surface area contributed by atoms with Crippen LogP contribution in [0.5, 0.6) is 0 Å². The number of aryl methyl sites for hydroxylation is 1. The van der Waals surface area contributed by atoms with Crippen LogP contribution in [0.25, 0.3) is 0 Å². The molecule has 0 aromatic heterocycles. The Bertz CT molecular complexity index is 566. The van der Waals surface area contributed by atoms with E-state index in [1.807, 2.05) is 12.1 Å². The van der Waals surface area contributed by atoms with Crippen LogP contribution < -0.4 is 5.32 Å². The SMILES string of the molecule is CCCCCc1ccc(NCc2cc(Cl)ccc2F)cc1. The Hall–Kier alpha value is -1.54. The second kappa shape index (κ2) is 8.04. The van der Waals surface area contributed by atoms with Crippen molar-refractivity contribution in [3.05, 3.63) is 64.4 Å². The molecule has 0 aliphatic heterocycles. The molecule has 0 spiro atoms. The van der Waals surface area contributed by atoms with Gasteiger partial charge in [0.2, 0.25) is 0 Å². The van der Waals surface area contributed by atoms with Gasteiger partial charge in [-0.3, -0.25) is 0 Å². The lowest BCUT2D eigenvalue weighted by molar-refractivity contribution is 0.613. The highest BCUT2D eigenvalue weighted by atomic mass is 35.5. The van der Waals surface area contributed by atoms with E-state index >= 15 is 0 Å². The van der Waals surface area contributed by atoms with Crippen LogP contribution in [0.3, 0.4) is 0 Å². The highest BCUT2D eigenvalue weighted by Gasteiger charge is 2.03. The first-order chi connectivity index (χ1) is 10.2. The van der Waals surface area contributed by atoms with Gasteiger partial charge >= 0.3 is 0 Å². The van der Waals surface area contributed by atoms with Crippen molar-refractivity contribution in [2.75, 3.05) is 5.32 Å². The standard InChI is InChI=1S/C18H21ClFN/c1-2-3-4-5-14-6-9-17(10-7-14)21-13-15-12-16(19)8-11-18(15)20/h6-12,21H,2-5,13H2,1H3. The van der Waals surface area contributed by atoms with Crippen LogP contribution in [0.4, 0.5) is 10.1 Å². The van der Waals surface area contributed by atoms with E-state index < -0.39 is 0 Å². The summed E-state index contributed by atoms with van der Waals surface area (Å²) in [5.41, 5.74) is 2.92. The Morgan fingerprint density at radius 2 is 1.81 bits per heavy atom. The first-order valence-electron chi connectivity index (χ1n) is 7.46. The predicted molar refractivity (Wildman–Crippen MR) is 88.4 cm³/mol. The normalized spacial score (nSPS) is 10.6. The zero-order valence-corrected chi connectivity index (χ0v) is 13.1. The summed E-state index contributed by atoms with van der Waals surface area (Å²) in [5, 5.41) is 3.78. The first kappa shape index (κ1) is 15.8. The molecular weight excluding hydrogens is 285 g/mol. The van der Waals surface area contributed by atoms with Crippen LogP contribution in [-0.4, -0.2) is 0 Å². The van der Waals surface area contributed by atoms with Gasteiger partial charge in [0, 0.05) is 22.8 Å². The van der Waals surface area contributed by atoms with E-state index in [4.69, 9.17) is 11.6 Å². The van der Waals surface area contributed by atoms with E-state index in [2.05, 4.69) is 24.4 Å². The van der Waals surface area contributed by atoms with Crippen LogP contribution in [0, 0.1) is 5.82 Å². The molecule has 0 saturated heterocycles. The number of hydrogen-bond donors (Lipinski definition) is 1. The third kappa shape index (κ3) is 5.05. The van der Waals surface area contributed by atoms with Gasteiger partial charge < -0.3 is 5.32 Å². The molecule has 1 nitrogen and oxygen atoms in total. The summed E-state index contributed by atoms with van der Waals surface area (Å²) >= 11 is 5.89. The quantitative estimate of drug-likeness (QED) is 0.635. The van der Waals surface area contributed by atoms with Crippen LogP contribution in [0.15, 0.2) is 42.5 Å². The number of benzene rings is 2. The number of halogens is 2. The van der Waals surface area contributed by atoms with E-state index in [0.29, 0.717) is 17.1 Å². The number of nitrogens with one attached hydrogen (secondary N) is 1. The minimum absolute atomic E-state index is 0.233. The van der Waals surface area contributed by atoms with E-state index in [0.717, 1.165) is 12.1 Å². The second-order valence-corrected chi connectivity index (χ2v) is 5.68. The van der Waals surface area contributed by atoms with Crippen molar-refractivity contribution in [3.8, 4) is 0 Å². The van der Waals surface area contributed by atoms with Gasteiger partial charge in [0.05, 0.1) is 0 Å². The van der Waals surface area contributed by atoms with Gasteiger partial charge in [0.15, 0.2) is 0 Å². The lowest BCUT2D eigenvalue weighted by atomic mass is 10.1. The maximum atomic E-state index is 13.6. The first-order valence-corrected chi connectivity index (χ1v) is 7.83. The molecule has 0 radical (unpaired) electrons. The third-order valence-corrected chi connectivity index (χ3v) is 3.75. The molecule has 0 atom stereocenters. The van der Waals surface area contributed by atoms with Gasteiger partial charge in [0.25, 0.3) is 0 Å². The van der Waals surface area contributed by atoms with Crippen molar-refractivity contribution in [1.82, 2.24) is 0 Å². The highest BCUT2D eigenvalue weighted by Crippen LogP contribution is 2.17. The van der Waals surface area contributed by atoms with Crippen molar-refractivity contribution in [2.24, 2.45) is 0 Å². The van der Waals surface area contributed by atoms with E-state index in [-0.39, 0.29) is 5.82 Å². The van der Waals surface area contributed by atoms with Crippen molar-refractivity contribution in [1.29, 1.82) is 0 Å². The smallest absolute Gasteiger partial charge is 0.128 e. The third-order valence-electron chi connectivity index (χ3n) is 3.51. The molecule has 0 saturated carbocycles. The Morgan fingerprint density at radius 1 is 1.05 bits per heavy atom. The minimum Gasteiger partial charge on any atom is -0.381 e. The molecule has 2 rings (SSSR count). The Balaban J connectivity index is 1.90. The maximum absolute atomic E-state index is 13.6. The minimum atomic E-state index is -0.233. The van der Waals surface area contributed by atoms with Gasteiger partial charge in [-0.15, -0.1) is 0 Å².